The maximum Gasteiger partial charge on any atom is 0.211 e. The number of amides is 1. The number of rotatable bonds is 6. The summed E-state index contributed by atoms with van der Waals surface area (Å²) in [4.78, 5) is 10.2. The van der Waals surface area contributed by atoms with Crippen molar-refractivity contribution in [3.8, 4) is 0 Å². The first-order chi connectivity index (χ1) is 6.24. The van der Waals surface area contributed by atoms with Gasteiger partial charge in [0, 0.05) is 0 Å². The minimum atomic E-state index is 0.712. The van der Waals surface area contributed by atoms with E-state index in [1.54, 1.807) is 11.8 Å². The van der Waals surface area contributed by atoms with E-state index < -0.39 is 0 Å². The molecule has 0 spiro atoms. The van der Waals surface area contributed by atoms with Crippen molar-refractivity contribution < 1.29 is 4.79 Å². The van der Waals surface area contributed by atoms with Crippen LogP contribution in [0.5, 0.6) is 0 Å². The number of carbonyl (C=O) groups is 1. The lowest BCUT2D eigenvalue weighted by Crippen LogP contribution is -2.06. The summed E-state index contributed by atoms with van der Waals surface area (Å²) in [6.07, 6.45) is 4.69. The molecule has 0 radical (unpaired) electrons. The van der Waals surface area contributed by atoms with Crippen molar-refractivity contribution in [2.45, 2.75) is 33.6 Å². The molecule has 0 saturated heterocycles. The monoisotopic (exact) mass is 199 g/mol. The summed E-state index contributed by atoms with van der Waals surface area (Å²) in [5.74, 6) is 0. The molecule has 2 nitrogen and oxygen atoms in total. The Labute approximate surface area is 84.5 Å². The lowest BCUT2D eigenvalue weighted by Gasteiger charge is -2.01. The summed E-state index contributed by atoms with van der Waals surface area (Å²) in [5, 5.41) is 5.64. The van der Waals surface area contributed by atoms with E-state index in [1.165, 1.54) is 5.57 Å². The molecule has 0 aromatic heterocycles. The van der Waals surface area contributed by atoms with Crippen molar-refractivity contribution in [1.82, 2.24) is 5.32 Å². The number of hydrogen-bond donors (Lipinski definition) is 1. The number of thioether (sulfide) groups is 1. The van der Waals surface area contributed by atoms with Gasteiger partial charge in [-0.3, -0.25) is 4.79 Å². The number of nitrogens with one attached hydrogen (secondary N) is 1. The second-order valence-corrected chi connectivity index (χ2v) is 3.59. The highest BCUT2D eigenvalue weighted by Gasteiger charge is 1.92. The molecule has 13 heavy (non-hydrogen) atoms. The summed E-state index contributed by atoms with van der Waals surface area (Å²) in [5.41, 5.74) is 1.32. The maximum atomic E-state index is 10.2. The van der Waals surface area contributed by atoms with E-state index in [2.05, 4.69) is 24.6 Å². The van der Waals surface area contributed by atoms with E-state index in [0.717, 1.165) is 17.9 Å². The molecule has 0 atom stereocenters. The highest BCUT2D eigenvalue weighted by atomic mass is 32.2. The van der Waals surface area contributed by atoms with Crippen LogP contribution in [0.3, 0.4) is 0 Å². The molecule has 0 aliphatic rings. The van der Waals surface area contributed by atoms with E-state index >= 15 is 0 Å². The van der Waals surface area contributed by atoms with Crippen molar-refractivity contribution in [3.05, 3.63) is 22.1 Å². The van der Waals surface area contributed by atoms with Crippen molar-refractivity contribution in [3.63, 3.8) is 0 Å². The van der Waals surface area contributed by atoms with Crippen molar-refractivity contribution >= 4 is 18.2 Å². The average molecular weight is 199 g/mol. The smallest absolute Gasteiger partial charge is 0.211 e. The van der Waals surface area contributed by atoms with Gasteiger partial charge in [-0.05, 0) is 25.2 Å². The Morgan fingerprint density at radius 1 is 1.46 bits per heavy atom. The van der Waals surface area contributed by atoms with Crippen LogP contribution < -0.4 is 5.32 Å². The van der Waals surface area contributed by atoms with Gasteiger partial charge in [-0.15, -0.1) is 0 Å². The fourth-order valence-corrected chi connectivity index (χ4v) is 1.51. The molecular weight excluding hydrogens is 182 g/mol. The first-order valence-electron chi connectivity index (χ1n) is 4.47. The van der Waals surface area contributed by atoms with Crippen LogP contribution in [0, 0.1) is 0 Å². The zero-order valence-electron chi connectivity index (χ0n) is 8.46. The molecule has 0 aromatic rings. The normalized spacial score (nSPS) is 12.8. The van der Waals surface area contributed by atoms with Gasteiger partial charge in [0.2, 0.25) is 6.41 Å². The van der Waals surface area contributed by atoms with Crippen LogP contribution in [0.15, 0.2) is 22.1 Å². The van der Waals surface area contributed by atoms with Crippen LogP contribution in [0.4, 0.5) is 0 Å². The molecule has 74 valence electrons. The fraction of sp³-hybridized carbons (Fsp3) is 0.500. The van der Waals surface area contributed by atoms with E-state index in [-0.39, 0.29) is 0 Å². The molecule has 0 fully saturated rings. The second-order valence-electron chi connectivity index (χ2n) is 2.67. The van der Waals surface area contributed by atoms with Gasteiger partial charge in [0.05, 0.1) is 5.03 Å². The minimum Gasteiger partial charge on any atom is -0.323 e. The predicted octanol–water partition coefficient (Wildman–Crippen LogP) is 3.03. The van der Waals surface area contributed by atoms with E-state index in [0.29, 0.717) is 6.41 Å². The molecule has 0 rings (SSSR count). The van der Waals surface area contributed by atoms with Gasteiger partial charge in [0.1, 0.15) is 0 Å². The van der Waals surface area contributed by atoms with E-state index in [9.17, 15) is 4.79 Å². The van der Waals surface area contributed by atoms with E-state index in [4.69, 9.17) is 0 Å². The van der Waals surface area contributed by atoms with Gasteiger partial charge >= 0.3 is 0 Å². The molecule has 3 heteroatoms. The molecule has 0 aliphatic carbocycles. The molecule has 1 amide bonds. The molecule has 0 bridgehead atoms. The fourth-order valence-electron chi connectivity index (χ4n) is 0.632. The number of hydrogen-bond acceptors (Lipinski definition) is 2. The Hall–Kier alpha value is -0.700. The Kier molecular flexibility index (Phi) is 7.50. The van der Waals surface area contributed by atoms with Crippen LogP contribution in [-0.2, 0) is 4.79 Å². The van der Waals surface area contributed by atoms with Crippen LogP contribution in [0.25, 0.3) is 0 Å². The zero-order valence-corrected chi connectivity index (χ0v) is 9.28. The standard InChI is InChI=1S/C10H17NOS/c1-4-6-10(11-8-12)13-7-9(3)5-2/h6-8H,4-5H2,1-3H3,(H,11,12)/b9-7+,10-6+. The Balaban J connectivity index is 4.10. The third-order valence-corrected chi connectivity index (χ3v) is 2.59. The SMILES string of the molecule is CC/C=C(\NC=O)S/C=C(\C)CC. The molecule has 0 heterocycles. The molecule has 0 unspecified atom stereocenters. The van der Waals surface area contributed by atoms with Crippen LogP contribution >= 0.6 is 11.8 Å². The summed E-state index contributed by atoms with van der Waals surface area (Å²) in [7, 11) is 0. The summed E-state index contributed by atoms with van der Waals surface area (Å²) in [6.45, 7) is 6.24. The zero-order chi connectivity index (χ0) is 10.1. The lowest BCUT2D eigenvalue weighted by atomic mass is 10.3. The number of carbonyl (C=O) groups excluding carboxylic acids is 1. The summed E-state index contributed by atoms with van der Waals surface area (Å²) >= 11 is 1.56. The topological polar surface area (TPSA) is 29.1 Å². The van der Waals surface area contributed by atoms with Crippen molar-refractivity contribution in [2.75, 3.05) is 0 Å². The van der Waals surface area contributed by atoms with Gasteiger partial charge in [-0.1, -0.05) is 37.3 Å². The third kappa shape index (κ3) is 6.46. The van der Waals surface area contributed by atoms with Gasteiger partial charge in [-0.2, -0.15) is 0 Å². The van der Waals surface area contributed by atoms with Gasteiger partial charge in [0.15, 0.2) is 0 Å². The highest BCUT2D eigenvalue weighted by molar-refractivity contribution is 8.05. The van der Waals surface area contributed by atoms with Crippen LogP contribution in [0.2, 0.25) is 0 Å². The molecule has 1 N–H and O–H groups in total. The summed E-state index contributed by atoms with van der Waals surface area (Å²) < 4.78 is 0. The van der Waals surface area contributed by atoms with Crippen LogP contribution in [-0.4, -0.2) is 6.41 Å². The third-order valence-electron chi connectivity index (χ3n) is 1.54. The highest BCUT2D eigenvalue weighted by Crippen LogP contribution is 2.17. The first kappa shape index (κ1) is 12.3. The largest absolute Gasteiger partial charge is 0.323 e. The predicted molar refractivity (Wildman–Crippen MR) is 59.2 cm³/mol. The lowest BCUT2D eigenvalue weighted by molar-refractivity contribution is -0.108. The molecule has 0 aromatic carbocycles. The van der Waals surface area contributed by atoms with Gasteiger partial charge in [-0.25, -0.2) is 0 Å². The minimum absolute atomic E-state index is 0.712. The summed E-state index contributed by atoms with van der Waals surface area (Å²) in [6, 6.07) is 0. The van der Waals surface area contributed by atoms with Crippen molar-refractivity contribution in [2.24, 2.45) is 0 Å². The second kappa shape index (κ2) is 7.92. The first-order valence-corrected chi connectivity index (χ1v) is 5.35. The maximum absolute atomic E-state index is 10.2. The molecule has 0 saturated carbocycles. The van der Waals surface area contributed by atoms with Crippen molar-refractivity contribution in [1.29, 1.82) is 0 Å². The van der Waals surface area contributed by atoms with Gasteiger partial charge in [0.25, 0.3) is 0 Å². The van der Waals surface area contributed by atoms with Crippen LogP contribution in [0.1, 0.15) is 33.6 Å². The van der Waals surface area contributed by atoms with Gasteiger partial charge < -0.3 is 5.32 Å². The van der Waals surface area contributed by atoms with E-state index in [1.807, 2.05) is 13.0 Å². The average Bonchev–Trinajstić information content (AvgIpc) is 2.14. The Bertz CT molecular complexity index is 209. The quantitative estimate of drug-likeness (QED) is 0.666. The number of allylic oxidation sites excluding steroid dienone is 2. The molecule has 0 aliphatic heterocycles. The molecular formula is C10H17NOS. The Morgan fingerprint density at radius 2 is 2.15 bits per heavy atom. The Morgan fingerprint density at radius 3 is 2.62 bits per heavy atom.